The molecule has 0 spiro atoms. The Morgan fingerprint density at radius 1 is 0.967 bits per heavy atom. The number of anilines is 4. The monoisotopic (exact) mass is 470 g/mol. The number of hydrogen-bond donors (Lipinski definition) is 2. The molecule has 0 fully saturated rings. The van der Waals surface area contributed by atoms with Gasteiger partial charge in [-0.3, -0.25) is 0 Å². The van der Waals surface area contributed by atoms with Gasteiger partial charge in [-0.1, -0.05) is 40.6 Å². The van der Waals surface area contributed by atoms with Gasteiger partial charge < -0.3 is 10.6 Å². The molecule has 0 amide bonds. The van der Waals surface area contributed by atoms with Crippen molar-refractivity contribution in [1.82, 2.24) is 19.9 Å². The van der Waals surface area contributed by atoms with E-state index >= 15 is 0 Å². The Bertz CT molecular complexity index is 1210. The smallest absolute Gasteiger partial charge is 0.329 e. The van der Waals surface area contributed by atoms with Gasteiger partial charge in [0.15, 0.2) is 15.8 Å². The molecule has 30 heavy (non-hydrogen) atoms. The minimum Gasteiger partial charge on any atom is -0.329 e. The van der Waals surface area contributed by atoms with E-state index in [0.29, 0.717) is 42.9 Å². The zero-order chi connectivity index (χ0) is 21.5. The first-order chi connectivity index (χ1) is 14.2. The van der Waals surface area contributed by atoms with Gasteiger partial charge in [-0.15, -0.1) is 0 Å². The van der Waals surface area contributed by atoms with E-state index in [-0.39, 0.29) is 5.82 Å². The maximum atomic E-state index is 12.7. The number of benzene rings is 1. The first-order valence-corrected chi connectivity index (χ1v) is 9.94. The second-order valence-corrected chi connectivity index (χ2v) is 7.86. The number of aryl methyl sites for hydroxylation is 1. The molecule has 6 nitrogen and oxygen atoms in total. The summed E-state index contributed by atoms with van der Waals surface area (Å²) >= 11 is 13.6. The SMILES string of the molecule is Cc1nc(Nc2ccc(C(F)(F)F)cn2)c2nc(Nc3c(Cl)cccc3Cl)sc2n1. The third kappa shape index (κ3) is 4.25. The van der Waals surface area contributed by atoms with Crippen LogP contribution in [0.5, 0.6) is 0 Å². The van der Waals surface area contributed by atoms with Gasteiger partial charge in [0.25, 0.3) is 0 Å². The van der Waals surface area contributed by atoms with E-state index in [4.69, 9.17) is 23.2 Å². The largest absolute Gasteiger partial charge is 0.417 e. The summed E-state index contributed by atoms with van der Waals surface area (Å²) in [4.78, 5) is 17.5. The van der Waals surface area contributed by atoms with Crippen LogP contribution in [0, 0.1) is 6.92 Å². The Morgan fingerprint density at radius 2 is 1.70 bits per heavy atom. The van der Waals surface area contributed by atoms with Crippen LogP contribution >= 0.6 is 34.5 Å². The topological polar surface area (TPSA) is 75.6 Å². The Balaban J connectivity index is 1.67. The van der Waals surface area contributed by atoms with E-state index in [0.717, 1.165) is 12.3 Å². The van der Waals surface area contributed by atoms with Crippen LogP contribution in [-0.4, -0.2) is 19.9 Å². The summed E-state index contributed by atoms with van der Waals surface area (Å²) in [6.45, 7) is 1.70. The van der Waals surface area contributed by atoms with Crippen molar-refractivity contribution in [3.8, 4) is 0 Å². The molecule has 0 saturated heterocycles. The van der Waals surface area contributed by atoms with Gasteiger partial charge in [0.05, 0.1) is 21.3 Å². The van der Waals surface area contributed by atoms with Crippen molar-refractivity contribution in [3.05, 3.63) is 58.0 Å². The highest BCUT2D eigenvalue weighted by atomic mass is 35.5. The van der Waals surface area contributed by atoms with E-state index in [1.54, 1.807) is 25.1 Å². The lowest BCUT2D eigenvalue weighted by atomic mass is 10.3. The van der Waals surface area contributed by atoms with Crippen LogP contribution in [-0.2, 0) is 6.18 Å². The van der Waals surface area contributed by atoms with Crippen molar-refractivity contribution in [3.63, 3.8) is 0 Å². The first kappa shape index (κ1) is 20.6. The van der Waals surface area contributed by atoms with Gasteiger partial charge in [0, 0.05) is 6.20 Å². The highest BCUT2D eigenvalue weighted by Crippen LogP contribution is 2.36. The summed E-state index contributed by atoms with van der Waals surface area (Å²) in [7, 11) is 0. The first-order valence-electron chi connectivity index (χ1n) is 8.37. The molecule has 0 aliphatic heterocycles. The van der Waals surface area contributed by atoms with E-state index in [1.165, 1.54) is 17.4 Å². The maximum absolute atomic E-state index is 12.7. The van der Waals surface area contributed by atoms with Crippen LogP contribution in [0.1, 0.15) is 11.4 Å². The fourth-order valence-electron chi connectivity index (χ4n) is 2.55. The molecule has 0 bridgehead atoms. The number of nitrogens with one attached hydrogen (secondary N) is 2. The van der Waals surface area contributed by atoms with Gasteiger partial charge >= 0.3 is 6.18 Å². The molecule has 4 aromatic rings. The molecule has 0 unspecified atom stereocenters. The van der Waals surface area contributed by atoms with Crippen molar-refractivity contribution in [2.24, 2.45) is 0 Å². The number of alkyl halides is 3. The molecule has 0 aliphatic carbocycles. The number of fused-ring (bicyclic) bond motifs is 1. The van der Waals surface area contributed by atoms with E-state index in [1.807, 2.05) is 0 Å². The molecule has 0 radical (unpaired) electrons. The van der Waals surface area contributed by atoms with E-state index < -0.39 is 11.7 Å². The molecule has 2 N–H and O–H groups in total. The highest BCUT2D eigenvalue weighted by Gasteiger charge is 2.30. The standard InChI is InChI=1S/C18H11Cl2F3N6S/c1-8-25-15(27-12-6-5-9(7-24-12)18(21,22)23)14-16(26-8)30-17(29-14)28-13-10(19)3-2-4-11(13)20/h2-7H,1H3,(H,28,29)(H,24,25,26,27). The zero-order valence-corrected chi connectivity index (χ0v) is 17.4. The fourth-order valence-corrected chi connectivity index (χ4v) is 3.93. The van der Waals surface area contributed by atoms with Crippen molar-refractivity contribution in [2.45, 2.75) is 13.1 Å². The number of pyridine rings is 1. The van der Waals surface area contributed by atoms with Gasteiger partial charge in [-0.05, 0) is 31.2 Å². The molecule has 0 saturated carbocycles. The average Bonchev–Trinajstić information content (AvgIpc) is 3.07. The number of hydrogen-bond acceptors (Lipinski definition) is 7. The Hall–Kier alpha value is -2.69. The van der Waals surface area contributed by atoms with Crippen LogP contribution in [0.3, 0.4) is 0 Å². The molecule has 4 rings (SSSR count). The van der Waals surface area contributed by atoms with Gasteiger partial charge in [0.1, 0.15) is 17.2 Å². The molecule has 3 heterocycles. The van der Waals surface area contributed by atoms with Crippen LogP contribution in [0.15, 0.2) is 36.5 Å². The van der Waals surface area contributed by atoms with Crippen LogP contribution in [0.25, 0.3) is 10.3 Å². The zero-order valence-electron chi connectivity index (χ0n) is 15.1. The number of rotatable bonds is 4. The predicted octanol–water partition coefficient (Wildman–Crippen LogP) is 6.60. The van der Waals surface area contributed by atoms with E-state index in [9.17, 15) is 13.2 Å². The maximum Gasteiger partial charge on any atom is 0.417 e. The summed E-state index contributed by atoms with van der Waals surface area (Å²) in [5.41, 5.74) is 0.0929. The van der Waals surface area contributed by atoms with Gasteiger partial charge in [0.2, 0.25) is 0 Å². The molecule has 1 aromatic carbocycles. The fraction of sp³-hybridized carbons (Fsp3) is 0.111. The number of para-hydroxylation sites is 1. The summed E-state index contributed by atoms with van der Waals surface area (Å²) in [5, 5.41) is 7.30. The predicted molar refractivity (Wildman–Crippen MR) is 112 cm³/mol. The van der Waals surface area contributed by atoms with Crippen molar-refractivity contribution >= 4 is 67.3 Å². The van der Waals surface area contributed by atoms with E-state index in [2.05, 4.69) is 30.6 Å². The van der Waals surface area contributed by atoms with Gasteiger partial charge in [-0.25, -0.2) is 19.9 Å². The molecule has 3 aromatic heterocycles. The minimum absolute atomic E-state index is 0.194. The number of thiazole rings is 1. The van der Waals surface area contributed by atoms with Crippen molar-refractivity contribution in [2.75, 3.05) is 10.6 Å². The molecule has 0 aliphatic rings. The van der Waals surface area contributed by atoms with Crippen LogP contribution < -0.4 is 10.6 Å². The molecule has 12 heteroatoms. The third-order valence-electron chi connectivity index (χ3n) is 3.90. The number of halogens is 5. The minimum atomic E-state index is -4.46. The quantitative estimate of drug-likeness (QED) is 0.349. The average molecular weight is 471 g/mol. The second kappa shape index (κ2) is 7.86. The summed E-state index contributed by atoms with van der Waals surface area (Å²) in [5.74, 6) is 0.973. The molecule has 154 valence electrons. The normalized spacial score (nSPS) is 11.7. The summed E-state index contributed by atoms with van der Waals surface area (Å²) < 4.78 is 38.2. The van der Waals surface area contributed by atoms with Crippen molar-refractivity contribution in [1.29, 1.82) is 0 Å². The number of nitrogens with zero attached hydrogens (tertiary/aromatic N) is 4. The molecular weight excluding hydrogens is 460 g/mol. The Labute approximate surface area is 182 Å². The van der Waals surface area contributed by atoms with Crippen LogP contribution in [0.2, 0.25) is 10.0 Å². The number of aromatic nitrogens is 4. The Kier molecular flexibility index (Phi) is 5.39. The molecular formula is C18H11Cl2F3N6S. The summed E-state index contributed by atoms with van der Waals surface area (Å²) in [6, 6.07) is 7.27. The lowest BCUT2D eigenvalue weighted by Gasteiger charge is -2.09. The van der Waals surface area contributed by atoms with Crippen molar-refractivity contribution < 1.29 is 13.2 Å². The highest BCUT2D eigenvalue weighted by molar-refractivity contribution is 7.21. The Morgan fingerprint density at radius 3 is 2.33 bits per heavy atom. The van der Waals surface area contributed by atoms with Crippen LogP contribution in [0.4, 0.5) is 35.6 Å². The lowest BCUT2D eigenvalue weighted by molar-refractivity contribution is -0.137. The third-order valence-corrected chi connectivity index (χ3v) is 5.40. The second-order valence-electron chi connectivity index (χ2n) is 6.07. The van der Waals surface area contributed by atoms with Gasteiger partial charge in [-0.2, -0.15) is 13.2 Å². The lowest BCUT2D eigenvalue weighted by Crippen LogP contribution is -2.06. The summed E-state index contributed by atoms with van der Waals surface area (Å²) in [6.07, 6.45) is -3.71. The molecule has 0 atom stereocenters.